The summed E-state index contributed by atoms with van der Waals surface area (Å²) in [5, 5.41) is 1.06. The molecule has 0 N–H and O–H groups in total. The van der Waals surface area contributed by atoms with Crippen LogP contribution >= 0.6 is 0 Å². The molecular weight excluding hydrogens is 292 g/mol. The van der Waals surface area contributed by atoms with E-state index in [1.54, 1.807) is 31.5 Å². The first-order valence-electron chi connectivity index (χ1n) is 7.79. The van der Waals surface area contributed by atoms with E-state index >= 15 is 0 Å². The highest BCUT2D eigenvalue weighted by molar-refractivity contribution is 5.90. The van der Waals surface area contributed by atoms with Gasteiger partial charge in [0.15, 0.2) is 0 Å². The number of hydrogen-bond acceptors (Lipinski definition) is 5. The van der Waals surface area contributed by atoms with E-state index in [2.05, 4.69) is 23.7 Å². The van der Waals surface area contributed by atoms with Crippen LogP contribution in [0.15, 0.2) is 39.7 Å². The molecule has 2 heterocycles. The number of ether oxygens (including phenoxy) is 1. The predicted octanol–water partition coefficient (Wildman–Crippen LogP) is 3.19. The minimum absolute atomic E-state index is 0.0576. The van der Waals surface area contributed by atoms with Gasteiger partial charge in [-0.1, -0.05) is 13.8 Å². The van der Waals surface area contributed by atoms with Gasteiger partial charge in [-0.3, -0.25) is 9.69 Å². The van der Waals surface area contributed by atoms with Gasteiger partial charge in [0.25, 0.3) is 0 Å². The van der Waals surface area contributed by atoms with Gasteiger partial charge in [-0.15, -0.1) is 0 Å². The zero-order chi connectivity index (χ0) is 16.4. The summed E-state index contributed by atoms with van der Waals surface area (Å²) >= 11 is 0. The van der Waals surface area contributed by atoms with E-state index in [-0.39, 0.29) is 5.43 Å². The van der Waals surface area contributed by atoms with Crippen LogP contribution in [0.2, 0.25) is 0 Å². The molecule has 0 aliphatic heterocycles. The van der Waals surface area contributed by atoms with E-state index in [0.29, 0.717) is 28.6 Å². The molecule has 2 aromatic heterocycles. The lowest BCUT2D eigenvalue weighted by atomic mass is 10.1. The van der Waals surface area contributed by atoms with Crippen LogP contribution in [-0.4, -0.2) is 30.1 Å². The van der Waals surface area contributed by atoms with Crippen molar-refractivity contribution in [3.05, 3.63) is 46.2 Å². The first kappa shape index (κ1) is 15.5. The predicted molar refractivity (Wildman–Crippen MR) is 91.0 cm³/mol. The fourth-order valence-corrected chi connectivity index (χ4v) is 2.80. The maximum atomic E-state index is 12.7. The lowest BCUT2D eigenvalue weighted by Gasteiger charge is -2.20. The van der Waals surface area contributed by atoms with E-state index < -0.39 is 0 Å². The molecule has 0 fully saturated rings. The topological polar surface area (TPSA) is 55.6 Å². The van der Waals surface area contributed by atoms with Crippen molar-refractivity contribution < 1.29 is 9.15 Å². The summed E-state index contributed by atoms with van der Waals surface area (Å²) in [7, 11) is 1.63. The minimum atomic E-state index is -0.0576. The van der Waals surface area contributed by atoms with Gasteiger partial charge in [0, 0.05) is 12.7 Å². The Balaban J connectivity index is 2.33. The molecular formula is C18H20N2O3. The third kappa shape index (κ3) is 2.68. The Morgan fingerprint density at radius 2 is 1.96 bits per heavy atom. The summed E-state index contributed by atoms with van der Waals surface area (Å²) in [6, 6.07) is 7.08. The molecule has 5 nitrogen and oxygen atoms in total. The van der Waals surface area contributed by atoms with Gasteiger partial charge in [-0.25, -0.2) is 4.98 Å². The van der Waals surface area contributed by atoms with Crippen LogP contribution in [0, 0.1) is 0 Å². The number of nitrogens with zero attached hydrogens (tertiary/aromatic N) is 2. The molecule has 1 aromatic carbocycles. The Hall–Kier alpha value is -2.40. The lowest BCUT2D eigenvalue weighted by molar-refractivity contribution is 0.289. The molecule has 0 saturated heterocycles. The molecule has 5 heteroatoms. The first-order valence-corrected chi connectivity index (χ1v) is 7.79. The summed E-state index contributed by atoms with van der Waals surface area (Å²) in [5.74, 6) is 0.725. The number of rotatable bonds is 5. The minimum Gasteiger partial charge on any atom is -0.496 e. The van der Waals surface area contributed by atoms with Crippen LogP contribution < -0.4 is 10.2 Å². The highest BCUT2D eigenvalue weighted by Gasteiger charge is 2.17. The van der Waals surface area contributed by atoms with Crippen molar-refractivity contribution in [2.24, 2.45) is 0 Å². The van der Waals surface area contributed by atoms with Crippen LogP contribution in [0.3, 0.4) is 0 Å². The Morgan fingerprint density at radius 1 is 1.17 bits per heavy atom. The average Bonchev–Trinajstić information content (AvgIpc) is 2.60. The molecule has 0 aliphatic carbocycles. The van der Waals surface area contributed by atoms with Crippen molar-refractivity contribution in [2.75, 3.05) is 20.2 Å². The molecule has 3 rings (SSSR count). The maximum absolute atomic E-state index is 12.7. The molecule has 0 amide bonds. The van der Waals surface area contributed by atoms with E-state index in [1.165, 1.54) is 0 Å². The van der Waals surface area contributed by atoms with Crippen LogP contribution in [0.5, 0.6) is 5.75 Å². The van der Waals surface area contributed by atoms with Gasteiger partial charge in [-0.2, -0.15) is 0 Å². The highest BCUT2D eigenvalue weighted by Crippen LogP contribution is 2.29. The second-order valence-electron chi connectivity index (χ2n) is 5.37. The third-order valence-electron chi connectivity index (χ3n) is 4.17. The molecule has 0 unspecified atom stereocenters. The Kier molecular flexibility index (Phi) is 4.30. The number of aromatic nitrogens is 1. The summed E-state index contributed by atoms with van der Waals surface area (Å²) < 4.78 is 11.5. The Bertz CT molecular complexity index is 898. The van der Waals surface area contributed by atoms with Crippen molar-refractivity contribution in [3.8, 4) is 5.75 Å². The average molecular weight is 312 g/mol. The number of fused-ring (bicyclic) bond motifs is 2. The van der Waals surface area contributed by atoms with Crippen LogP contribution in [-0.2, 0) is 6.54 Å². The second-order valence-corrected chi connectivity index (χ2v) is 5.37. The molecule has 0 radical (unpaired) electrons. The van der Waals surface area contributed by atoms with Gasteiger partial charge < -0.3 is 9.15 Å². The van der Waals surface area contributed by atoms with Crippen LogP contribution in [0.25, 0.3) is 22.1 Å². The SMILES string of the molecule is CCN(CC)Cc1c(OC)ccc2c(=O)c3cccnc3oc12. The molecule has 0 atom stereocenters. The molecule has 0 saturated carbocycles. The van der Waals surface area contributed by atoms with E-state index in [1.807, 2.05) is 6.07 Å². The zero-order valence-electron chi connectivity index (χ0n) is 13.6. The summed E-state index contributed by atoms with van der Waals surface area (Å²) in [6.07, 6.45) is 1.63. The normalized spacial score (nSPS) is 11.5. The number of pyridine rings is 1. The molecule has 23 heavy (non-hydrogen) atoms. The van der Waals surface area contributed by atoms with E-state index in [9.17, 15) is 4.79 Å². The monoisotopic (exact) mass is 312 g/mol. The maximum Gasteiger partial charge on any atom is 0.230 e. The molecule has 0 spiro atoms. The fraction of sp³-hybridized carbons (Fsp3) is 0.333. The fourth-order valence-electron chi connectivity index (χ4n) is 2.80. The van der Waals surface area contributed by atoms with Gasteiger partial charge in [0.1, 0.15) is 11.3 Å². The van der Waals surface area contributed by atoms with Crippen molar-refractivity contribution in [2.45, 2.75) is 20.4 Å². The molecule has 0 aliphatic rings. The van der Waals surface area contributed by atoms with Crippen molar-refractivity contribution in [1.82, 2.24) is 9.88 Å². The van der Waals surface area contributed by atoms with Gasteiger partial charge in [-0.05, 0) is 37.4 Å². The third-order valence-corrected chi connectivity index (χ3v) is 4.17. The number of hydrogen-bond donors (Lipinski definition) is 0. The molecule has 3 aromatic rings. The molecule has 0 bridgehead atoms. The van der Waals surface area contributed by atoms with Gasteiger partial charge >= 0.3 is 0 Å². The summed E-state index contributed by atoms with van der Waals surface area (Å²) in [4.78, 5) is 19.1. The summed E-state index contributed by atoms with van der Waals surface area (Å²) in [6.45, 7) is 6.69. The molecule has 120 valence electrons. The van der Waals surface area contributed by atoms with Crippen molar-refractivity contribution in [3.63, 3.8) is 0 Å². The Morgan fingerprint density at radius 3 is 2.65 bits per heavy atom. The second kappa shape index (κ2) is 6.38. The lowest BCUT2D eigenvalue weighted by Crippen LogP contribution is -2.23. The standard InChI is InChI=1S/C18H20N2O3/c1-4-20(5-2)11-14-15(22-3)9-8-12-16(21)13-7-6-10-19-18(13)23-17(12)14/h6-10H,4-5,11H2,1-3H3. The largest absolute Gasteiger partial charge is 0.496 e. The van der Waals surface area contributed by atoms with Crippen LogP contribution in [0.4, 0.5) is 0 Å². The van der Waals surface area contributed by atoms with E-state index in [0.717, 1.165) is 24.4 Å². The van der Waals surface area contributed by atoms with Gasteiger partial charge in [0.05, 0.1) is 23.4 Å². The smallest absolute Gasteiger partial charge is 0.230 e. The van der Waals surface area contributed by atoms with Crippen molar-refractivity contribution >= 4 is 22.1 Å². The van der Waals surface area contributed by atoms with Crippen molar-refractivity contribution in [1.29, 1.82) is 0 Å². The van der Waals surface area contributed by atoms with Gasteiger partial charge in [0.2, 0.25) is 11.1 Å². The zero-order valence-corrected chi connectivity index (χ0v) is 13.6. The summed E-state index contributed by atoms with van der Waals surface area (Å²) in [5.41, 5.74) is 1.75. The quantitative estimate of drug-likeness (QED) is 0.677. The highest BCUT2D eigenvalue weighted by atomic mass is 16.5. The Labute approximate surface area is 134 Å². The number of methoxy groups -OCH3 is 1. The van der Waals surface area contributed by atoms with Crippen LogP contribution in [0.1, 0.15) is 19.4 Å². The van der Waals surface area contributed by atoms with E-state index in [4.69, 9.17) is 9.15 Å². The first-order chi connectivity index (χ1) is 11.2. The number of benzene rings is 1.